The summed E-state index contributed by atoms with van der Waals surface area (Å²) in [5.74, 6) is -1.03. The summed E-state index contributed by atoms with van der Waals surface area (Å²) < 4.78 is 6.97. The van der Waals surface area contributed by atoms with Crippen molar-refractivity contribution >= 4 is 40.5 Å². The Morgan fingerprint density at radius 1 is 1.14 bits per heavy atom. The fourth-order valence-electron chi connectivity index (χ4n) is 4.06. The van der Waals surface area contributed by atoms with E-state index in [0.717, 1.165) is 43.0 Å². The minimum atomic E-state index is -1.06. The molecule has 10 nitrogen and oxygen atoms in total. The maximum Gasteiger partial charge on any atom is 0.341 e. The molecule has 4 aromatic rings. The van der Waals surface area contributed by atoms with Crippen LogP contribution in [0.2, 0.25) is 5.02 Å². The van der Waals surface area contributed by atoms with Gasteiger partial charge in [-0.2, -0.15) is 5.10 Å². The molecular weight excluding hydrogens is 484 g/mol. The number of nitrogens with one attached hydrogen (secondary N) is 2. The maximum absolute atomic E-state index is 13.3. The zero-order valence-corrected chi connectivity index (χ0v) is 19.9. The van der Waals surface area contributed by atoms with Crippen LogP contribution in [0.3, 0.4) is 0 Å². The molecule has 0 aliphatic carbocycles. The lowest BCUT2D eigenvalue weighted by Crippen LogP contribution is -2.43. The third kappa shape index (κ3) is 5.09. The van der Waals surface area contributed by atoms with Crippen molar-refractivity contribution in [3.8, 4) is 16.9 Å². The Kier molecular flexibility index (Phi) is 6.70. The lowest BCUT2D eigenvalue weighted by molar-refractivity contribution is -0.139. The molecule has 3 heterocycles. The second-order valence-electron chi connectivity index (χ2n) is 8.20. The molecule has 11 heteroatoms. The Morgan fingerprint density at radius 2 is 1.97 bits per heavy atom. The van der Waals surface area contributed by atoms with Crippen molar-refractivity contribution in [1.29, 1.82) is 0 Å². The van der Waals surface area contributed by atoms with Gasteiger partial charge >= 0.3 is 5.97 Å². The lowest BCUT2D eigenvalue weighted by Gasteiger charge is -2.31. The fraction of sp³-hybridized carbons (Fsp3) is 0.200. The Morgan fingerprint density at radius 3 is 2.75 bits per heavy atom. The minimum Gasteiger partial charge on any atom is -0.482 e. The molecule has 184 valence electrons. The van der Waals surface area contributed by atoms with E-state index >= 15 is 0 Å². The number of rotatable bonds is 7. The molecule has 1 aliphatic rings. The topological polar surface area (TPSA) is 121 Å². The molecule has 5 rings (SSSR count). The SMILES string of the molecule is O=C(O)COc1ccc(NC(=O)c2ccn3ncc(-c4cccc(Cl)c4)c3n2)c(N2CCNCC2)c1. The molecule has 2 aromatic heterocycles. The van der Waals surface area contributed by atoms with E-state index in [4.69, 9.17) is 21.4 Å². The number of carbonyl (C=O) groups excluding carboxylic acids is 1. The number of fused-ring (bicyclic) bond motifs is 1. The summed E-state index contributed by atoms with van der Waals surface area (Å²) in [6.45, 7) is 2.60. The molecule has 0 spiro atoms. The Bertz CT molecular complexity index is 1430. The number of aromatic nitrogens is 3. The van der Waals surface area contributed by atoms with E-state index in [2.05, 4.69) is 25.6 Å². The average Bonchev–Trinajstić information content (AvgIpc) is 3.32. The molecule has 1 saturated heterocycles. The zero-order chi connectivity index (χ0) is 25.1. The molecule has 0 bridgehead atoms. The summed E-state index contributed by atoms with van der Waals surface area (Å²) in [6, 6.07) is 14.1. The van der Waals surface area contributed by atoms with Crippen LogP contribution < -0.4 is 20.3 Å². The van der Waals surface area contributed by atoms with Crippen LogP contribution in [0.5, 0.6) is 5.75 Å². The van der Waals surface area contributed by atoms with Crippen molar-refractivity contribution in [2.24, 2.45) is 0 Å². The van der Waals surface area contributed by atoms with Gasteiger partial charge in [0.05, 0.1) is 17.6 Å². The molecule has 1 amide bonds. The first-order chi connectivity index (χ1) is 17.5. The molecule has 3 N–H and O–H groups in total. The third-order valence-corrected chi connectivity index (χ3v) is 6.01. The molecule has 36 heavy (non-hydrogen) atoms. The third-order valence-electron chi connectivity index (χ3n) is 5.77. The van der Waals surface area contributed by atoms with E-state index in [1.54, 1.807) is 47.2 Å². The highest BCUT2D eigenvalue weighted by molar-refractivity contribution is 6.30. The number of benzene rings is 2. The monoisotopic (exact) mass is 506 g/mol. The number of anilines is 2. The molecule has 1 fully saturated rings. The van der Waals surface area contributed by atoms with Crippen LogP contribution in [0.15, 0.2) is 60.9 Å². The van der Waals surface area contributed by atoms with E-state index in [1.165, 1.54) is 0 Å². The van der Waals surface area contributed by atoms with E-state index < -0.39 is 12.6 Å². The summed E-state index contributed by atoms with van der Waals surface area (Å²) in [4.78, 5) is 30.9. The van der Waals surface area contributed by atoms with Crippen LogP contribution in [0, 0.1) is 0 Å². The predicted molar refractivity (Wildman–Crippen MR) is 136 cm³/mol. The minimum absolute atomic E-state index is 0.226. The van der Waals surface area contributed by atoms with Crippen molar-refractivity contribution in [3.63, 3.8) is 0 Å². The van der Waals surface area contributed by atoms with Crippen molar-refractivity contribution < 1.29 is 19.4 Å². The maximum atomic E-state index is 13.3. The van der Waals surface area contributed by atoms with Crippen LogP contribution in [0.1, 0.15) is 10.5 Å². The van der Waals surface area contributed by atoms with E-state index in [1.807, 2.05) is 18.2 Å². The van der Waals surface area contributed by atoms with Crippen LogP contribution in [-0.4, -0.2) is 64.4 Å². The first-order valence-electron chi connectivity index (χ1n) is 11.3. The molecule has 0 saturated carbocycles. The van der Waals surface area contributed by atoms with Gasteiger partial charge in [-0.05, 0) is 35.9 Å². The van der Waals surface area contributed by atoms with Crippen LogP contribution in [0.25, 0.3) is 16.8 Å². The highest BCUT2D eigenvalue weighted by Gasteiger charge is 2.19. The average molecular weight is 507 g/mol. The van der Waals surface area contributed by atoms with Crippen molar-refractivity contribution in [1.82, 2.24) is 19.9 Å². The van der Waals surface area contributed by atoms with Gasteiger partial charge in [0.2, 0.25) is 0 Å². The first kappa shape index (κ1) is 23.6. The quantitative estimate of drug-likeness (QED) is 0.349. The second-order valence-corrected chi connectivity index (χ2v) is 8.64. The summed E-state index contributed by atoms with van der Waals surface area (Å²) in [7, 11) is 0. The largest absolute Gasteiger partial charge is 0.482 e. The van der Waals surface area contributed by atoms with Gasteiger partial charge in [0.25, 0.3) is 5.91 Å². The standard InChI is InChI=1S/C25H23ClN6O4/c26-17-3-1-2-16(12-17)19-14-28-32-9-6-21(29-24(19)32)25(35)30-20-5-4-18(36-15-23(33)34)13-22(20)31-10-7-27-8-11-31/h1-6,9,12-14,27H,7-8,10-11,15H2,(H,30,35)(H,33,34). The number of carbonyl (C=O) groups is 2. The molecule has 0 unspecified atom stereocenters. The number of halogens is 1. The zero-order valence-electron chi connectivity index (χ0n) is 19.1. The van der Waals surface area contributed by atoms with Gasteiger partial charge in [-0.1, -0.05) is 23.7 Å². The molecular formula is C25H23ClN6O4. The van der Waals surface area contributed by atoms with E-state index in [0.29, 0.717) is 22.1 Å². The van der Waals surface area contributed by atoms with E-state index in [9.17, 15) is 9.59 Å². The number of hydrogen-bond acceptors (Lipinski definition) is 7. The lowest BCUT2D eigenvalue weighted by atomic mass is 10.1. The first-order valence-corrected chi connectivity index (χ1v) is 11.7. The summed E-state index contributed by atoms with van der Waals surface area (Å²) in [5, 5.41) is 20.1. The van der Waals surface area contributed by atoms with Crippen molar-refractivity contribution in [3.05, 3.63) is 71.6 Å². The van der Waals surface area contributed by atoms with E-state index in [-0.39, 0.29) is 11.6 Å². The number of amides is 1. The molecule has 0 atom stereocenters. The number of carboxylic acids is 1. The number of hydrogen-bond donors (Lipinski definition) is 3. The van der Waals surface area contributed by atoms with Crippen LogP contribution >= 0.6 is 11.6 Å². The fourth-order valence-corrected chi connectivity index (χ4v) is 4.25. The Hall–Kier alpha value is -4.15. The summed E-state index contributed by atoms with van der Waals surface area (Å²) in [6.07, 6.45) is 3.37. The number of nitrogens with zero attached hydrogens (tertiary/aromatic N) is 4. The summed E-state index contributed by atoms with van der Waals surface area (Å²) >= 11 is 6.15. The number of aliphatic carboxylic acids is 1. The van der Waals surface area contributed by atoms with Crippen LogP contribution in [0.4, 0.5) is 11.4 Å². The normalized spacial score (nSPS) is 13.5. The van der Waals surface area contributed by atoms with Crippen molar-refractivity contribution in [2.75, 3.05) is 43.0 Å². The Balaban J connectivity index is 1.44. The number of piperazine rings is 1. The second kappa shape index (κ2) is 10.2. The van der Waals surface area contributed by atoms with Crippen molar-refractivity contribution in [2.45, 2.75) is 0 Å². The highest BCUT2D eigenvalue weighted by atomic mass is 35.5. The van der Waals surface area contributed by atoms with Gasteiger partial charge in [-0.25, -0.2) is 14.3 Å². The van der Waals surface area contributed by atoms with Gasteiger partial charge in [0, 0.05) is 49.0 Å². The van der Waals surface area contributed by atoms with Gasteiger partial charge in [-0.3, -0.25) is 4.79 Å². The van der Waals surface area contributed by atoms with Crippen LogP contribution in [-0.2, 0) is 4.79 Å². The van der Waals surface area contributed by atoms with Gasteiger partial charge in [0.1, 0.15) is 11.4 Å². The molecule has 1 aliphatic heterocycles. The van der Waals surface area contributed by atoms with Gasteiger partial charge in [-0.15, -0.1) is 0 Å². The number of ether oxygens (including phenoxy) is 1. The number of carboxylic acid groups (broad SMARTS) is 1. The highest BCUT2D eigenvalue weighted by Crippen LogP contribution is 2.32. The smallest absolute Gasteiger partial charge is 0.341 e. The van der Waals surface area contributed by atoms with Gasteiger partial charge < -0.3 is 25.4 Å². The molecule has 0 radical (unpaired) electrons. The molecule has 2 aromatic carbocycles. The summed E-state index contributed by atoms with van der Waals surface area (Å²) in [5.41, 5.74) is 3.69. The Labute approximate surface area is 211 Å². The predicted octanol–water partition coefficient (Wildman–Crippen LogP) is 3.18. The van der Waals surface area contributed by atoms with Gasteiger partial charge in [0.15, 0.2) is 12.3 Å².